The van der Waals surface area contributed by atoms with Gasteiger partial charge in [-0.15, -0.1) is 11.3 Å². The summed E-state index contributed by atoms with van der Waals surface area (Å²) in [5, 5.41) is 5.67. The first-order chi connectivity index (χ1) is 7.81. The SMILES string of the molecule is CCC(NCc1sccc1C)c1ncc[nH]1. The Kier molecular flexibility index (Phi) is 3.74. The van der Waals surface area contributed by atoms with Gasteiger partial charge in [-0.05, 0) is 30.4 Å². The third-order valence-corrected chi connectivity index (χ3v) is 3.76. The highest BCUT2D eigenvalue weighted by molar-refractivity contribution is 7.10. The van der Waals surface area contributed by atoms with Crippen molar-refractivity contribution in [3.8, 4) is 0 Å². The molecule has 1 atom stereocenters. The molecule has 4 heteroatoms. The molecule has 2 rings (SSSR count). The van der Waals surface area contributed by atoms with Gasteiger partial charge in [0.05, 0.1) is 6.04 Å². The largest absolute Gasteiger partial charge is 0.347 e. The molecule has 2 aromatic rings. The van der Waals surface area contributed by atoms with Crippen LogP contribution in [0.4, 0.5) is 0 Å². The van der Waals surface area contributed by atoms with Gasteiger partial charge in [0.1, 0.15) is 5.82 Å². The molecule has 0 aliphatic carbocycles. The highest BCUT2D eigenvalue weighted by Gasteiger charge is 2.11. The lowest BCUT2D eigenvalue weighted by Crippen LogP contribution is -2.21. The Hall–Kier alpha value is -1.13. The molecule has 0 aromatic carbocycles. The van der Waals surface area contributed by atoms with E-state index in [4.69, 9.17) is 0 Å². The van der Waals surface area contributed by atoms with E-state index in [1.54, 1.807) is 17.5 Å². The second-order valence-corrected chi connectivity index (χ2v) is 4.84. The minimum absolute atomic E-state index is 0.316. The number of aromatic amines is 1. The van der Waals surface area contributed by atoms with Gasteiger partial charge in [-0.25, -0.2) is 4.98 Å². The smallest absolute Gasteiger partial charge is 0.123 e. The average Bonchev–Trinajstić information content (AvgIpc) is 2.92. The Morgan fingerprint density at radius 1 is 1.56 bits per heavy atom. The molecule has 0 radical (unpaired) electrons. The van der Waals surface area contributed by atoms with E-state index in [2.05, 4.69) is 40.6 Å². The summed E-state index contributed by atoms with van der Waals surface area (Å²) in [5.74, 6) is 1.02. The Bertz CT molecular complexity index is 419. The number of hydrogen-bond donors (Lipinski definition) is 2. The number of aryl methyl sites for hydroxylation is 1. The summed E-state index contributed by atoms with van der Waals surface area (Å²) in [6, 6.07) is 2.48. The van der Waals surface area contributed by atoms with Gasteiger partial charge in [-0.1, -0.05) is 6.92 Å². The van der Waals surface area contributed by atoms with Crippen molar-refractivity contribution in [2.75, 3.05) is 0 Å². The molecule has 0 amide bonds. The molecule has 2 N–H and O–H groups in total. The summed E-state index contributed by atoms with van der Waals surface area (Å²) in [6.07, 6.45) is 4.71. The van der Waals surface area contributed by atoms with Crippen LogP contribution in [-0.2, 0) is 6.54 Å². The van der Waals surface area contributed by atoms with Gasteiger partial charge in [0.15, 0.2) is 0 Å². The van der Waals surface area contributed by atoms with Crippen molar-refractivity contribution < 1.29 is 0 Å². The highest BCUT2D eigenvalue weighted by atomic mass is 32.1. The summed E-state index contributed by atoms with van der Waals surface area (Å²) in [4.78, 5) is 8.87. The number of aromatic nitrogens is 2. The summed E-state index contributed by atoms with van der Waals surface area (Å²) in [5.41, 5.74) is 1.37. The molecule has 0 spiro atoms. The zero-order valence-electron chi connectivity index (χ0n) is 9.66. The molecule has 1 unspecified atom stereocenters. The van der Waals surface area contributed by atoms with Crippen molar-refractivity contribution in [2.24, 2.45) is 0 Å². The molecular formula is C12H17N3S. The van der Waals surface area contributed by atoms with Crippen LogP contribution in [0.1, 0.15) is 35.7 Å². The highest BCUT2D eigenvalue weighted by Crippen LogP contribution is 2.18. The molecule has 0 bridgehead atoms. The molecule has 16 heavy (non-hydrogen) atoms. The third-order valence-electron chi connectivity index (χ3n) is 2.73. The first-order valence-corrected chi connectivity index (χ1v) is 6.45. The number of rotatable bonds is 5. The normalized spacial score (nSPS) is 12.9. The Balaban J connectivity index is 1.96. The fourth-order valence-electron chi connectivity index (χ4n) is 1.70. The van der Waals surface area contributed by atoms with Crippen LogP contribution in [0.25, 0.3) is 0 Å². The van der Waals surface area contributed by atoms with Gasteiger partial charge in [-0.2, -0.15) is 0 Å². The lowest BCUT2D eigenvalue weighted by molar-refractivity contribution is 0.500. The summed E-state index contributed by atoms with van der Waals surface area (Å²) in [6.45, 7) is 5.24. The van der Waals surface area contributed by atoms with Crippen LogP contribution < -0.4 is 5.32 Å². The van der Waals surface area contributed by atoms with Crippen LogP contribution in [0.5, 0.6) is 0 Å². The quantitative estimate of drug-likeness (QED) is 0.836. The summed E-state index contributed by atoms with van der Waals surface area (Å²) in [7, 11) is 0. The van der Waals surface area contributed by atoms with E-state index in [1.807, 2.05) is 6.20 Å². The zero-order valence-corrected chi connectivity index (χ0v) is 10.5. The summed E-state index contributed by atoms with van der Waals surface area (Å²) < 4.78 is 0. The van der Waals surface area contributed by atoms with Crippen LogP contribution in [-0.4, -0.2) is 9.97 Å². The Morgan fingerprint density at radius 2 is 2.44 bits per heavy atom. The lowest BCUT2D eigenvalue weighted by Gasteiger charge is -2.14. The van der Waals surface area contributed by atoms with Gasteiger partial charge in [0.2, 0.25) is 0 Å². The molecule has 0 saturated carbocycles. The number of H-pyrrole nitrogens is 1. The standard InChI is InChI=1S/C12H17N3S/c1-3-10(12-13-5-6-14-12)15-8-11-9(2)4-7-16-11/h4-7,10,15H,3,8H2,1-2H3,(H,13,14). The molecule has 86 valence electrons. The first-order valence-electron chi connectivity index (χ1n) is 5.57. The number of nitrogens with zero attached hydrogens (tertiary/aromatic N) is 1. The number of thiophene rings is 1. The molecule has 0 aliphatic rings. The van der Waals surface area contributed by atoms with Crippen molar-refractivity contribution in [1.82, 2.24) is 15.3 Å². The van der Waals surface area contributed by atoms with E-state index in [1.165, 1.54) is 10.4 Å². The van der Waals surface area contributed by atoms with E-state index in [0.29, 0.717) is 6.04 Å². The first kappa shape index (κ1) is 11.4. The Labute approximate surface area is 99.9 Å². The van der Waals surface area contributed by atoms with Crippen molar-refractivity contribution in [3.05, 3.63) is 40.1 Å². The van der Waals surface area contributed by atoms with Crippen LogP contribution in [0.3, 0.4) is 0 Å². The topological polar surface area (TPSA) is 40.7 Å². The second-order valence-electron chi connectivity index (χ2n) is 3.84. The fraction of sp³-hybridized carbons (Fsp3) is 0.417. The van der Waals surface area contributed by atoms with Crippen LogP contribution in [0.2, 0.25) is 0 Å². The van der Waals surface area contributed by atoms with Crippen LogP contribution >= 0.6 is 11.3 Å². The van der Waals surface area contributed by atoms with E-state index < -0.39 is 0 Å². The van der Waals surface area contributed by atoms with Crippen molar-refractivity contribution in [3.63, 3.8) is 0 Å². The molecule has 2 aromatic heterocycles. The lowest BCUT2D eigenvalue weighted by atomic mass is 10.2. The number of hydrogen-bond acceptors (Lipinski definition) is 3. The predicted octanol–water partition coefficient (Wildman–Crippen LogP) is 3.02. The van der Waals surface area contributed by atoms with Gasteiger partial charge in [0.25, 0.3) is 0 Å². The maximum atomic E-state index is 4.30. The van der Waals surface area contributed by atoms with E-state index >= 15 is 0 Å². The van der Waals surface area contributed by atoms with E-state index in [0.717, 1.165) is 18.8 Å². The molecule has 2 heterocycles. The Morgan fingerprint density at radius 3 is 3.00 bits per heavy atom. The molecule has 0 saturated heterocycles. The minimum Gasteiger partial charge on any atom is -0.347 e. The third kappa shape index (κ3) is 2.51. The van der Waals surface area contributed by atoms with Gasteiger partial charge in [-0.3, -0.25) is 0 Å². The van der Waals surface area contributed by atoms with Gasteiger partial charge >= 0.3 is 0 Å². The van der Waals surface area contributed by atoms with E-state index in [-0.39, 0.29) is 0 Å². The van der Waals surface area contributed by atoms with Crippen LogP contribution in [0, 0.1) is 6.92 Å². The van der Waals surface area contributed by atoms with E-state index in [9.17, 15) is 0 Å². The molecular weight excluding hydrogens is 218 g/mol. The summed E-state index contributed by atoms with van der Waals surface area (Å²) >= 11 is 1.81. The maximum Gasteiger partial charge on any atom is 0.123 e. The zero-order chi connectivity index (χ0) is 11.4. The van der Waals surface area contributed by atoms with Crippen molar-refractivity contribution in [2.45, 2.75) is 32.9 Å². The fourth-order valence-corrected chi connectivity index (χ4v) is 2.56. The number of imidazole rings is 1. The van der Waals surface area contributed by atoms with Crippen molar-refractivity contribution >= 4 is 11.3 Å². The van der Waals surface area contributed by atoms with Crippen molar-refractivity contribution in [1.29, 1.82) is 0 Å². The predicted molar refractivity (Wildman–Crippen MR) is 67.5 cm³/mol. The minimum atomic E-state index is 0.316. The van der Waals surface area contributed by atoms with Crippen LogP contribution in [0.15, 0.2) is 23.8 Å². The molecule has 0 aliphatic heterocycles. The molecule has 3 nitrogen and oxygen atoms in total. The second kappa shape index (κ2) is 5.27. The monoisotopic (exact) mass is 235 g/mol. The van der Waals surface area contributed by atoms with Gasteiger partial charge in [0, 0.05) is 23.8 Å². The average molecular weight is 235 g/mol. The maximum absolute atomic E-state index is 4.30. The van der Waals surface area contributed by atoms with Gasteiger partial charge < -0.3 is 10.3 Å². The molecule has 0 fully saturated rings. The number of nitrogens with one attached hydrogen (secondary N) is 2.